The van der Waals surface area contributed by atoms with E-state index in [9.17, 15) is 9.18 Å². The van der Waals surface area contributed by atoms with Crippen molar-refractivity contribution in [2.45, 2.75) is 25.3 Å². The van der Waals surface area contributed by atoms with Crippen molar-refractivity contribution in [1.82, 2.24) is 14.9 Å². The lowest BCUT2D eigenvalue weighted by atomic mass is 9.99. The first kappa shape index (κ1) is 20.0. The first-order chi connectivity index (χ1) is 14.5. The molecular weight excluding hydrogens is 379 g/mol. The molecular formula is C24H25FN4O. The lowest BCUT2D eigenvalue weighted by molar-refractivity contribution is -0.131. The molecule has 0 spiro atoms. The minimum absolute atomic E-state index is 0.0353. The molecule has 1 fully saturated rings. The molecule has 1 aliphatic heterocycles. The van der Waals surface area contributed by atoms with Gasteiger partial charge >= 0.3 is 0 Å². The minimum atomic E-state index is -0.296. The number of carbonyl (C=O) groups is 1. The molecule has 2 aromatic carbocycles. The fourth-order valence-corrected chi connectivity index (χ4v) is 3.92. The van der Waals surface area contributed by atoms with E-state index in [4.69, 9.17) is 4.98 Å². The van der Waals surface area contributed by atoms with Gasteiger partial charge in [0.05, 0.1) is 18.2 Å². The van der Waals surface area contributed by atoms with E-state index in [1.165, 1.54) is 12.1 Å². The molecule has 5 nitrogen and oxygen atoms in total. The van der Waals surface area contributed by atoms with Gasteiger partial charge < -0.3 is 9.80 Å². The Hall–Kier alpha value is -3.28. The molecule has 1 atom stereocenters. The van der Waals surface area contributed by atoms with Crippen molar-refractivity contribution in [2.75, 3.05) is 25.5 Å². The number of anilines is 1. The second-order valence-corrected chi connectivity index (χ2v) is 7.78. The van der Waals surface area contributed by atoms with Crippen molar-refractivity contribution < 1.29 is 9.18 Å². The second-order valence-electron chi connectivity index (χ2n) is 7.78. The molecule has 6 heteroatoms. The lowest BCUT2D eigenvalue weighted by Crippen LogP contribution is -2.32. The fraction of sp³-hybridized carbons (Fsp3) is 0.292. The van der Waals surface area contributed by atoms with E-state index >= 15 is 0 Å². The van der Waals surface area contributed by atoms with Gasteiger partial charge in [0.1, 0.15) is 5.82 Å². The number of hydrogen-bond acceptors (Lipinski definition) is 4. The normalized spacial score (nSPS) is 16.0. The van der Waals surface area contributed by atoms with Crippen LogP contribution in [0.4, 0.5) is 10.3 Å². The number of benzene rings is 2. The molecule has 0 aliphatic carbocycles. The molecule has 30 heavy (non-hydrogen) atoms. The van der Waals surface area contributed by atoms with E-state index < -0.39 is 0 Å². The topological polar surface area (TPSA) is 49.3 Å². The van der Waals surface area contributed by atoms with Crippen LogP contribution in [0.5, 0.6) is 0 Å². The maximum atomic E-state index is 13.2. The summed E-state index contributed by atoms with van der Waals surface area (Å²) in [6.07, 6.45) is 3.89. The molecule has 4 rings (SSSR count). The number of rotatable bonds is 5. The van der Waals surface area contributed by atoms with Crippen molar-refractivity contribution in [3.8, 4) is 11.1 Å². The van der Waals surface area contributed by atoms with Crippen LogP contribution in [0.3, 0.4) is 0 Å². The Kier molecular flexibility index (Phi) is 5.74. The molecule has 1 aromatic heterocycles. The summed E-state index contributed by atoms with van der Waals surface area (Å²) in [6.45, 7) is 0.695. The van der Waals surface area contributed by atoms with Gasteiger partial charge in [-0.25, -0.2) is 14.4 Å². The first-order valence-corrected chi connectivity index (χ1v) is 10.2. The molecule has 1 aliphatic rings. The predicted molar refractivity (Wildman–Crippen MR) is 116 cm³/mol. The van der Waals surface area contributed by atoms with Crippen LogP contribution < -0.4 is 4.90 Å². The Labute approximate surface area is 176 Å². The van der Waals surface area contributed by atoms with E-state index in [2.05, 4.69) is 4.98 Å². The van der Waals surface area contributed by atoms with Crippen LogP contribution in [0.15, 0.2) is 60.8 Å². The summed E-state index contributed by atoms with van der Waals surface area (Å²) in [6, 6.07) is 16.1. The summed E-state index contributed by atoms with van der Waals surface area (Å²) in [7, 11) is 3.82. The van der Waals surface area contributed by atoms with Crippen LogP contribution >= 0.6 is 0 Å². The van der Waals surface area contributed by atoms with Gasteiger partial charge in [0.25, 0.3) is 0 Å². The van der Waals surface area contributed by atoms with Crippen molar-refractivity contribution >= 4 is 11.9 Å². The summed E-state index contributed by atoms with van der Waals surface area (Å²) < 4.78 is 13.2. The third-order valence-corrected chi connectivity index (χ3v) is 5.45. The number of hydrogen-bond donors (Lipinski definition) is 0. The van der Waals surface area contributed by atoms with E-state index in [1.807, 2.05) is 60.4 Å². The zero-order chi connectivity index (χ0) is 21.1. The average Bonchev–Trinajstić information content (AvgIpc) is 3.25. The van der Waals surface area contributed by atoms with E-state index in [0.29, 0.717) is 12.5 Å². The van der Waals surface area contributed by atoms with Crippen molar-refractivity contribution in [3.05, 3.63) is 77.9 Å². The van der Waals surface area contributed by atoms with Gasteiger partial charge in [-0.15, -0.1) is 0 Å². The molecule has 154 valence electrons. The van der Waals surface area contributed by atoms with Crippen molar-refractivity contribution in [1.29, 1.82) is 0 Å². The predicted octanol–water partition coefficient (Wildman–Crippen LogP) is 4.25. The number of halogens is 1. The second kappa shape index (κ2) is 8.61. The summed E-state index contributed by atoms with van der Waals surface area (Å²) in [5, 5.41) is 0. The van der Waals surface area contributed by atoms with E-state index in [1.54, 1.807) is 12.1 Å². The molecule has 0 N–H and O–H groups in total. The van der Waals surface area contributed by atoms with Crippen LogP contribution in [-0.2, 0) is 11.2 Å². The van der Waals surface area contributed by atoms with Crippen molar-refractivity contribution in [3.63, 3.8) is 0 Å². The van der Waals surface area contributed by atoms with Crippen LogP contribution in [0.25, 0.3) is 11.1 Å². The third kappa shape index (κ3) is 4.17. The number of carbonyl (C=O) groups excluding carboxylic acids is 1. The number of aromatic nitrogens is 2. The maximum Gasteiger partial charge on any atom is 0.227 e. The highest BCUT2D eigenvalue weighted by Crippen LogP contribution is 2.37. The van der Waals surface area contributed by atoms with Gasteiger partial charge in [0.2, 0.25) is 11.9 Å². The van der Waals surface area contributed by atoms with Crippen molar-refractivity contribution in [2.24, 2.45) is 0 Å². The van der Waals surface area contributed by atoms with Crippen LogP contribution in [0.2, 0.25) is 0 Å². The molecule has 0 bridgehead atoms. The summed E-state index contributed by atoms with van der Waals surface area (Å²) >= 11 is 0. The average molecular weight is 404 g/mol. The van der Waals surface area contributed by atoms with Gasteiger partial charge in [-0.3, -0.25) is 4.79 Å². The minimum Gasteiger partial charge on any atom is -0.347 e. The Balaban J connectivity index is 1.68. The van der Waals surface area contributed by atoms with E-state index in [0.717, 1.165) is 35.2 Å². The Morgan fingerprint density at radius 1 is 1.13 bits per heavy atom. The first-order valence-electron chi connectivity index (χ1n) is 10.2. The number of amides is 1. The zero-order valence-electron chi connectivity index (χ0n) is 17.3. The highest BCUT2D eigenvalue weighted by Gasteiger charge is 2.33. The molecule has 1 amide bonds. The van der Waals surface area contributed by atoms with Crippen LogP contribution in [0.1, 0.15) is 30.1 Å². The number of likely N-dealkylation sites (tertiary alicyclic amines) is 1. The standard InChI is InChI=1S/C24H25FN4O/c1-28(2)24-26-16-20(18-7-4-3-5-8-18)23(27-24)21-9-6-14-29(21)22(30)15-17-10-12-19(25)13-11-17/h3-5,7-8,10-13,16,21H,6,9,14-15H2,1-2H3. The molecule has 0 radical (unpaired) electrons. The van der Waals surface area contributed by atoms with Gasteiger partial charge in [-0.1, -0.05) is 42.5 Å². The number of nitrogens with zero attached hydrogens (tertiary/aromatic N) is 4. The highest BCUT2D eigenvalue weighted by atomic mass is 19.1. The Bertz CT molecular complexity index is 1020. The molecule has 3 aromatic rings. The third-order valence-electron chi connectivity index (χ3n) is 5.45. The SMILES string of the molecule is CN(C)c1ncc(-c2ccccc2)c(C2CCCN2C(=O)Cc2ccc(F)cc2)n1. The summed E-state index contributed by atoms with van der Waals surface area (Å²) in [5.74, 6) is 0.366. The monoisotopic (exact) mass is 404 g/mol. The van der Waals surface area contributed by atoms with Crippen LogP contribution in [-0.4, -0.2) is 41.4 Å². The summed E-state index contributed by atoms with van der Waals surface area (Å²) in [5.41, 5.74) is 3.68. The molecule has 1 saturated heterocycles. The lowest BCUT2D eigenvalue weighted by Gasteiger charge is -2.27. The van der Waals surface area contributed by atoms with Crippen LogP contribution in [0, 0.1) is 5.82 Å². The van der Waals surface area contributed by atoms with Gasteiger partial charge in [0.15, 0.2) is 0 Å². The Morgan fingerprint density at radius 2 is 1.87 bits per heavy atom. The molecule has 0 saturated carbocycles. The quantitative estimate of drug-likeness (QED) is 0.638. The fourth-order valence-electron chi connectivity index (χ4n) is 3.92. The van der Waals surface area contributed by atoms with Gasteiger partial charge in [-0.2, -0.15) is 0 Å². The zero-order valence-corrected chi connectivity index (χ0v) is 17.3. The summed E-state index contributed by atoms with van der Waals surface area (Å²) in [4.78, 5) is 26.3. The van der Waals surface area contributed by atoms with Gasteiger partial charge in [0, 0.05) is 32.4 Å². The maximum absolute atomic E-state index is 13.2. The van der Waals surface area contributed by atoms with E-state index in [-0.39, 0.29) is 24.2 Å². The molecule has 2 heterocycles. The molecule has 1 unspecified atom stereocenters. The highest BCUT2D eigenvalue weighted by molar-refractivity contribution is 5.80. The van der Waals surface area contributed by atoms with Gasteiger partial charge in [-0.05, 0) is 36.1 Å². The smallest absolute Gasteiger partial charge is 0.227 e. The Morgan fingerprint density at radius 3 is 2.57 bits per heavy atom. The largest absolute Gasteiger partial charge is 0.347 e.